The summed E-state index contributed by atoms with van der Waals surface area (Å²) >= 11 is 0. The molecule has 0 amide bonds. The fraction of sp³-hybridized carbons (Fsp3) is 0.261. The number of allylic oxidation sites excluding steroid dienone is 1. The van der Waals surface area contributed by atoms with Crippen LogP contribution in [0.4, 0.5) is 26.3 Å². The van der Waals surface area contributed by atoms with Crippen molar-refractivity contribution in [3.63, 3.8) is 0 Å². The van der Waals surface area contributed by atoms with Crippen LogP contribution in [0.15, 0.2) is 53.7 Å². The third-order valence-electron chi connectivity index (χ3n) is 5.32. The number of fused-ring (bicyclic) bond motifs is 1. The fourth-order valence-electron chi connectivity index (χ4n) is 3.61. The average molecular weight is 480 g/mol. The van der Waals surface area contributed by atoms with Crippen molar-refractivity contribution in [2.24, 2.45) is 4.99 Å². The van der Waals surface area contributed by atoms with Gasteiger partial charge < -0.3 is 9.72 Å². The summed E-state index contributed by atoms with van der Waals surface area (Å²) in [6, 6.07) is 8.45. The zero-order chi connectivity index (χ0) is 24.7. The fourth-order valence-corrected chi connectivity index (χ4v) is 3.61. The van der Waals surface area contributed by atoms with Gasteiger partial charge in [0, 0.05) is 28.9 Å². The molecule has 1 aliphatic rings. The Bertz CT molecular complexity index is 1260. The first-order chi connectivity index (χ1) is 16.0. The minimum absolute atomic E-state index is 0.0317. The number of ether oxygens (including phenoxy) is 1. The number of hydrogen-bond donors (Lipinski definition) is 1. The number of para-hydroxylation sites is 1. The maximum Gasteiger partial charge on any atom is 0.435 e. The van der Waals surface area contributed by atoms with Gasteiger partial charge in [-0.2, -0.15) is 26.3 Å². The number of aliphatic imine (C=N–C) groups is 1. The lowest BCUT2D eigenvalue weighted by Gasteiger charge is -2.18. The number of H-pyrrole nitrogens is 1. The summed E-state index contributed by atoms with van der Waals surface area (Å²) in [4.78, 5) is 14.2. The van der Waals surface area contributed by atoms with Gasteiger partial charge in [-0.1, -0.05) is 25.1 Å². The van der Waals surface area contributed by atoms with Gasteiger partial charge in [0.05, 0.1) is 12.8 Å². The van der Waals surface area contributed by atoms with Crippen molar-refractivity contribution >= 4 is 11.4 Å². The van der Waals surface area contributed by atoms with E-state index in [-0.39, 0.29) is 22.8 Å². The molecule has 4 rings (SSSR count). The molecule has 3 heterocycles. The number of methoxy groups -OCH3 is 1. The van der Waals surface area contributed by atoms with Crippen LogP contribution in [0.5, 0.6) is 5.75 Å². The lowest BCUT2D eigenvalue weighted by atomic mass is 9.96. The standard InChI is InChI=1S/C23H18F6N4O/c1-12-7-9-15(14-5-3-4-6-16(14)34-2)31-20(23(27,28)29)19-18(12)32-21(33-19)13-8-10-17(30-11-13)22(24,25)26/h3-6,8-12H,7H2,1-2H3,(H,32,33)/b15-9+,31-20?. The first-order valence-electron chi connectivity index (χ1n) is 10.1. The van der Waals surface area contributed by atoms with Crippen molar-refractivity contribution in [3.8, 4) is 17.1 Å². The summed E-state index contributed by atoms with van der Waals surface area (Å²) in [6.07, 6.45) is -6.64. The number of nitrogens with one attached hydrogen (secondary N) is 1. The number of hydrogen-bond acceptors (Lipinski definition) is 4. The molecule has 0 saturated carbocycles. The number of aromatic amines is 1. The highest BCUT2D eigenvalue weighted by molar-refractivity contribution is 6.07. The minimum atomic E-state index is -4.85. The topological polar surface area (TPSA) is 63.2 Å². The SMILES string of the molecule is COc1ccccc1/C1=C\CC(C)c2[nH]c(-c3ccc(C(F)(F)F)nc3)nc2C(C(F)(F)F)=N1. The molecular weight excluding hydrogens is 462 g/mol. The molecule has 0 radical (unpaired) electrons. The third kappa shape index (κ3) is 4.55. The maximum atomic E-state index is 14.1. The summed E-state index contributed by atoms with van der Waals surface area (Å²) in [5.41, 5.74) is -1.96. The van der Waals surface area contributed by atoms with Gasteiger partial charge in [-0.15, -0.1) is 0 Å². The smallest absolute Gasteiger partial charge is 0.435 e. The molecule has 0 spiro atoms. The Balaban J connectivity index is 1.85. The van der Waals surface area contributed by atoms with Crippen LogP contribution in [0, 0.1) is 0 Å². The van der Waals surface area contributed by atoms with Crippen molar-refractivity contribution in [2.45, 2.75) is 31.6 Å². The van der Waals surface area contributed by atoms with Gasteiger partial charge in [0.15, 0.2) is 5.71 Å². The molecule has 5 nitrogen and oxygen atoms in total. The average Bonchev–Trinajstić information content (AvgIpc) is 3.21. The maximum absolute atomic E-state index is 14.1. The zero-order valence-corrected chi connectivity index (χ0v) is 17.9. The van der Waals surface area contributed by atoms with Gasteiger partial charge in [0.25, 0.3) is 0 Å². The molecule has 1 N–H and O–H groups in total. The molecule has 0 fully saturated rings. The van der Waals surface area contributed by atoms with Gasteiger partial charge in [-0.3, -0.25) is 4.98 Å². The van der Waals surface area contributed by atoms with E-state index >= 15 is 0 Å². The number of alkyl halides is 6. The van der Waals surface area contributed by atoms with Crippen LogP contribution >= 0.6 is 0 Å². The summed E-state index contributed by atoms with van der Waals surface area (Å²) in [5, 5.41) is 0. The number of pyridine rings is 1. The van der Waals surface area contributed by atoms with E-state index in [1.807, 2.05) is 0 Å². The number of aromatic nitrogens is 3. The largest absolute Gasteiger partial charge is 0.496 e. The molecule has 178 valence electrons. The van der Waals surface area contributed by atoms with Gasteiger partial charge in [-0.05, 0) is 30.7 Å². The Morgan fingerprint density at radius 2 is 1.74 bits per heavy atom. The summed E-state index contributed by atoms with van der Waals surface area (Å²) in [7, 11) is 1.41. The minimum Gasteiger partial charge on any atom is -0.496 e. The van der Waals surface area contributed by atoms with Crippen molar-refractivity contribution in [2.75, 3.05) is 7.11 Å². The molecule has 0 aliphatic carbocycles. The van der Waals surface area contributed by atoms with Gasteiger partial charge in [0.1, 0.15) is 23.0 Å². The molecule has 2 aromatic heterocycles. The Morgan fingerprint density at radius 1 is 1.00 bits per heavy atom. The zero-order valence-electron chi connectivity index (χ0n) is 17.9. The van der Waals surface area contributed by atoms with E-state index in [0.717, 1.165) is 18.3 Å². The molecule has 1 aliphatic heterocycles. The van der Waals surface area contributed by atoms with E-state index in [1.54, 1.807) is 37.3 Å². The normalized spacial score (nSPS) is 18.3. The highest BCUT2D eigenvalue weighted by Gasteiger charge is 2.41. The molecular formula is C23H18F6N4O. The molecule has 1 unspecified atom stereocenters. The highest BCUT2D eigenvalue weighted by Crippen LogP contribution is 2.37. The van der Waals surface area contributed by atoms with Crippen molar-refractivity contribution in [3.05, 3.63) is 71.3 Å². The lowest BCUT2D eigenvalue weighted by molar-refractivity contribution is -0.141. The molecule has 1 aromatic carbocycles. The lowest BCUT2D eigenvalue weighted by Crippen LogP contribution is -2.26. The van der Waals surface area contributed by atoms with Crippen LogP contribution in [0.25, 0.3) is 17.1 Å². The number of rotatable bonds is 3. The van der Waals surface area contributed by atoms with Crippen LogP contribution in [0.1, 0.15) is 41.9 Å². The highest BCUT2D eigenvalue weighted by atomic mass is 19.4. The molecule has 3 aromatic rings. The van der Waals surface area contributed by atoms with Crippen LogP contribution < -0.4 is 4.74 Å². The van der Waals surface area contributed by atoms with E-state index in [4.69, 9.17) is 4.74 Å². The van der Waals surface area contributed by atoms with Gasteiger partial charge in [-0.25, -0.2) is 9.98 Å². The second-order valence-corrected chi connectivity index (χ2v) is 7.66. The molecule has 34 heavy (non-hydrogen) atoms. The molecule has 0 bridgehead atoms. The van der Waals surface area contributed by atoms with E-state index in [2.05, 4.69) is 19.9 Å². The second-order valence-electron chi connectivity index (χ2n) is 7.66. The van der Waals surface area contributed by atoms with E-state index in [9.17, 15) is 26.3 Å². The third-order valence-corrected chi connectivity index (χ3v) is 5.32. The second kappa shape index (κ2) is 8.62. The van der Waals surface area contributed by atoms with Crippen LogP contribution in [0.2, 0.25) is 0 Å². The van der Waals surface area contributed by atoms with E-state index < -0.39 is 35.4 Å². The van der Waals surface area contributed by atoms with E-state index in [0.29, 0.717) is 17.7 Å². The van der Waals surface area contributed by atoms with Gasteiger partial charge >= 0.3 is 12.4 Å². The van der Waals surface area contributed by atoms with Crippen molar-refractivity contribution in [1.29, 1.82) is 0 Å². The summed E-state index contributed by atoms with van der Waals surface area (Å²) in [5.74, 6) is -0.0852. The predicted molar refractivity (Wildman–Crippen MR) is 113 cm³/mol. The first kappa shape index (κ1) is 23.5. The van der Waals surface area contributed by atoms with Crippen molar-refractivity contribution in [1.82, 2.24) is 15.0 Å². The van der Waals surface area contributed by atoms with Gasteiger partial charge in [0.2, 0.25) is 0 Å². The van der Waals surface area contributed by atoms with Crippen LogP contribution in [-0.4, -0.2) is 33.9 Å². The number of benzene rings is 1. The molecule has 11 heteroatoms. The first-order valence-corrected chi connectivity index (χ1v) is 10.1. The Hall–Kier alpha value is -3.63. The Morgan fingerprint density at radius 3 is 2.35 bits per heavy atom. The monoisotopic (exact) mass is 480 g/mol. The molecule has 1 atom stereocenters. The van der Waals surface area contributed by atoms with E-state index in [1.165, 1.54) is 7.11 Å². The summed E-state index contributed by atoms with van der Waals surface area (Å²) in [6.45, 7) is 1.72. The molecule has 0 saturated heterocycles. The predicted octanol–water partition coefficient (Wildman–Crippen LogP) is 6.40. The Kier molecular flexibility index (Phi) is 5.96. The number of nitrogens with zero attached hydrogens (tertiary/aromatic N) is 3. The van der Waals surface area contributed by atoms with Crippen LogP contribution in [-0.2, 0) is 6.18 Å². The Labute approximate surface area is 190 Å². The summed E-state index contributed by atoms with van der Waals surface area (Å²) < 4.78 is 86.2. The van der Waals surface area contributed by atoms with Crippen LogP contribution in [0.3, 0.4) is 0 Å². The quantitative estimate of drug-likeness (QED) is 0.442. The van der Waals surface area contributed by atoms with Crippen molar-refractivity contribution < 1.29 is 31.1 Å². The number of imidazole rings is 1. The number of halogens is 6.